The van der Waals surface area contributed by atoms with Gasteiger partial charge in [-0.05, 0) is 44.5 Å². The van der Waals surface area contributed by atoms with Crippen LogP contribution in [0.2, 0.25) is 0 Å². The normalized spacial score (nSPS) is 15.5. The van der Waals surface area contributed by atoms with Crippen LogP contribution in [0.5, 0.6) is 5.75 Å². The topological polar surface area (TPSA) is 61.9 Å². The van der Waals surface area contributed by atoms with Crippen LogP contribution in [-0.4, -0.2) is 67.0 Å². The first-order valence-electron chi connectivity index (χ1n) is 9.19. The second-order valence-corrected chi connectivity index (χ2v) is 6.66. The van der Waals surface area contributed by atoms with Crippen molar-refractivity contribution < 1.29 is 14.3 Å². The molecule has 0 unspecified atom stereocenters. The molecule has 6 nitrogen and oxygen atoms in total. The number of amides is 2. The maximum Gasteiger partial charge on any atom is 0.246 e. The van der Waals surface area contributed by atoms with Crippen LogP contribution in [0.3, 0.4) is 0 Å². The van der Waals surface area contributed by atoms with Gasteiger partial charge in [-0.15, -0.1) is 0 Å². The summed E-state index contributed by atoms with van der Waals surface area (Å²) in [5, 5.41) is 2.89. The molecule has 0 aromatic heterocycles. The van der Waals surface area contributed by atoms with Crippen molar-refractivity contribution in [2.24, 2.45) is 0 Å². The van der Waals surface area contributed by atoms with Gasteiger partial charge >= 0.3 is 0 Å². The number of nitrogens with zero attached hydrogens (tertiary/aromatic N) is 2. The molecule has 1 aliphatic heterocycles. The van der Waals surface area contributed by atoms with Crippen LogP contribution in [0.1, 0.15) is 26.3 Å². The number of piperazine rings is 1. The van der Waals surface area contributed by atoms with Crippen molar-refractivity contribution in [3.8, 4) is 5.75 Å². The average Bonchev–Trinajstić information content (AvgIpc) is 2.61. The number of benzene rings is 1. The zero-order valence-electron chi connectivity index (χ0n) is 15.9. The lowest BCUT2D eigenvalue weighted by atomic mass is 10.2. The second-order valence-electron chi connectivity index (χ2n) is 6.66. The van der Waals surface area contributed by atoms with E-state index in [-0.39, 0.29) is 17.9 Å². The Balaban J connectivity index is 1.78. The third kappa shape index (κ3) is 6.52. The Kier molecular flexibility index (Phi) is 7.66. The summed E-state index contributed by atoms with van der Waals surface area (Å²) in [5.41, 5.74) is 0.964. The molecule has 6 heteroatoms. The molecule has 1 heterocycles. The van der Waals surface area contributed by atoms with Crippen molar-refractivity contribution in [2.75, 3.05) is 39.3 Å². The lowest BCUT2D eigenvalue weighted by molar-refractivity contribution is -0.128. The molecule has 1 aliphatic rings. The summed E-state index contributed by atoms with van der Waals surface area (Å²) < 4.78 is 5.41. The summed E-state index contributed by atoms with van der Waals surface area (Å²) in [6.45, 7) is 9.59. The molecule has 1 aromatic rings. The first-order valence-corrected chi connectivity index (χ1v) is 9.19. The van der Waals surface area contributed by atoms with Gasteiger partial charge in [0.15, 0.2) is 0 Å². The molecule has 2 rings (SSSR count). The molecule has 2 amide bonds. The molecule has 0 spiro atoms. The van der Waals surface area contributed by atoms with Crippen molar-refractivity contribution in [1.82, 2.24) is 15.1 Å². The van der Waals surface area contributed by atoms with E-state index in [4.69, 9.17) is 4.74 Å². The van der Waals surface area contributed by atoms with Gasteiger partial charge in [0.1, 0.15) is 5.75 Å². The lowest BCUT2D eigenvalue weighted by Crippen LogP contribution is -2.51. The summed E-state index contributed by atoms with van der Waals surface area (Å²) in [6, 6.07) is 7.81. The van der Waals surface area contributed by atoms with E-state index in [1.165, 1.54) is 0 Å². The summed E-state index contributed by atoms with van der Waals surface area (Å²) >= 11 is 0. The maximum atomic E-state index is 12.3. The fourth-order valence-electron chi connectivity index (χ4n) is 2.81. The van der Waals surface area contributed by atoms with Crippen LogP contribution in [0, 0.1) is 0 Å². The van der Waals surface area contributed by atoms with Crippen LogP contribution in [0.25, 0.3) is 6.08 Å². The van der Waals surface area contributed by atoms with Crippen molar-refractivity contribution in [3.63, 3.8) is 0 Å². The minimum atomic E-state index is 0.00478. The molecule has 0 atom stereocenters. The second kappa shape index (κ2) is 9.97. The predicted octanol–water partition coefficient (Wildman–Crippen LogP) is 1.77. The van der Waals surface area contributed by atoms with Gasteiger partial charge in [-0.1, -0.05) is 12.1 Å². The van der Waals surface area contributed by atoms with Gasteiger partial charge in [-0.2, -0.15) is 0 Å². The van der Waals surface area contributed by atoms with Crippen LogP contribution >= 0.6 is 0 Å². The van der Waals surface area contributed by atoms with E-state index >= 15 is 0 Å². The molecule has 0 radical (unpaired) electrons. The Morgan fingerprint density at radius 3 is 2.38 bits per heavy atom. The largest absolute Gasteiger partial charge is 0.494 e. The molecule has 0 bridgehead atoms. The zero-order valence-corrected chi connectivity index (χ0v) is 15.9. The van der Waals surface area contributed by atoms with Crippen LogP contribution in [0.4, 0.5) is 0 Å². The molecule has 26 heavy (non-hydrogen) atoms. The Morgan fingerprint density at radius 1 is 1.15 bits per heavy atom. The maximum absolute atomic E-state index is 12.3. The number of hydrogen-bond acceptors (Lipinski definition) is 4. The molecule has 1 saturated heterocycles. The molecule has 0 saturated carbocycles. The van der Waals surface area contributed by atoms with Gasteiger partial charge < -0.3 is 15.0 Å². The molecular weight excluding hydrogens is 330 g/mol. The summed E-state index contributed by atoms with van der Waals surface area (Å²) in [6.07, 6.45) is 3.43. The van der Waals surface area contributed by atoms with E-state index in [0.29, 0.717) is 39.3 Å². The van der Waals surface area contributed by atoms with Crippen LogP contribution in [0.15, 0.2) is 30.3 Å². The van der Waals surface area contributed by atoms with Crippen molar-refractivity contribution in [1.29, 1.82) is 0 Å². The van der Waals surface area contributed by atoms with E-state index < -0.39 is 0 Å². The highest BCUT2D eigenvalue weighted by Gasteiger charge is 2.21. The average molecular weight is 359 g/mol. The molecule has 1 aromatic carbocycles. The van der Waals surface area contributed by atoms with Crippen LogP contribution < -0.4 is 10.1 Å². The van der Waals surface area contributed by atoms with Gasteiger partial charge in [0.05, 0.1) is 13.2 Å². The van der Waals surface area contributed by atoms with Gasteiger partial charge in [0.2, 0.25) is 11.8 Å². The van der Waals surface area contributed by atoms with Gasteiger partial charge in [-0.3, -0.25) is 14.5 Å². The summed E-state index contributed by atoms with van der Waals surface area (Å²) in [5.74, 6) is 0.869. The Hall–Kier alpha value is -2.34. The minimum Gasteiger partial charge on any atom is -0.494 e. The smallest absolute Gasteiger partial charge is 0.246 e. The number of hydrogen-bond donors (Lipinski definition) is 1. The summed E-state index contributed by atoms with van der Waals surface area (Å²) in [4.78, 5) is 28.0. The first-order chi connectivity index (χ1) is 12.5. The molecule has 0 aliphatic carbocycles. The fourth-order valence-corrected chi connectivity index (χ4v) is 2.81. The molecular formula is C20H29N3O3. The van der Waals surface area contributed by atoms with E-state index in [9.17, 15) is 9.59 Å². The van der Waals surface area contributed by atoms with Crippen molar-refractivity contribution >= 4 is 17.9 Å². The predicted molar refractivity (Wildman–Crippen MR) is 103 cm³/mol. The highest BCUT2D eigenvalue weighted by Crippen LogP contribution is 2.13. The monoisotopic (exact) mass is 359 g/mol. The first kappa shape index (κ1) is 20.0. The Bertz CT molecular complexity index is 618. The van der Waals surface area contributed by atoms with E-state index in [2.05, 4.69) is 10.2 Å². The Morgan fingerprint density at radius 2 is 1.81 bits per heavy atom. The summed E-state index contributed by atoms with van der Waals surface area (Å²) in [7, 11) is 0. The number of carbonyl (C=O) groups is 2. The van der Waals surface area contributed by atoms with Crippen molar-refractivity contribution in [3.05, 3.63) is 35.9 Å². The fraction of sp³-hybridized carbons (Fsp3) is 0.500. The van der Waals surface area contributed by atoms with E-state index in [1.54, 1.807) is 6.08 Å². The van der Waals surface area contributed by atoms with Gasteiger partial charge in [-0.25, -0.2) is 0 Å². The van der Waals surface area contributed by atoms with E-state index in [0.717, 1.165) is 11.3 Å². The quantitative estimate of drug-likeness (QED) is 0.754. The molecule has 142 valence electrons. The number of ether oxygens (including phenoxy) is 1. The van der Waals surface area contributed by atoms with Gasteiger partial charge in [0.25, 0.3) is 0 Å². The third-order valence-electron chi connectivity index (χ3n) is 4.11. The van der Waals surface area contributed by atoms with Crippen LogP contribution in [-0.2, 0) is 9.59 Å². The highest BCUT2D eigenvalue weighted by molar-refractivity contribution is 5.91. The standard InChI is InChI=1S/C20H29N3O3/c1-4-26-18-8-5-17(6-9-18)7-10-20(25)23-13-11-22(12-14-23)15-19(24)21-16(2)3/h5-10,16H,4,11-15H2,1-3H3,(H,21,24)/b10-7+. The number of carbonyl (C=O) groups excluding carboxylic acids is 2. The number of nitrogens with one attached hydrogen (secondary N) is 1. The minimum absolute atomic E-state index is 0.00478. The molecule has 1 fully saturated rings. The van der Waals surface area contributed by atoms with Gasteiger partial charge in [0, 0.05) is 38.3 Å². The zero-order chi connectivity index (χ0) is 18.9. The van der Waals surface area contributed by atoms with Crippen molar-refractivity contribution in [2.45, 2.75) is 26.8 Å². The van der Waals surface area contributed by atoms with E-state index in [1.807, 2.05) is 56.0 Å². The SMILES string of the molecule is CCOc1ccc(/C=C/C(=O)N2CCN(CC(=O)NC(C)C)CC2)cc1. The lowest BCUT2D eigenvalue weighted by Gasteiger charge is -2.33. The molecule has 1 N–H and O–H groups in total. The Labute approximate surface area is 155 Å². The highest BCUT2D eigenvalue weighted by atomic mass is 16.5. The number of rotatable bonds is 7. The third-order valence-corrected chi connectivity index (χ3v) is 4.11.